The lowest BCUT2D eigenvalue weighted by Crippen LogP contribution is -2.60. The highest BCUT2D eigenvalue weighted by molar-refractivity contribution is 7.10. The first-order chi connectivity index (χ1) is 16.7. The summed E-state index contributed by atoms with van der Waals surface area (Å²) < 4.78 is 55.4. The van der Waals surface area contributed by atoms with E-state index in [-0.39, 0.29) is 35.3 Å². The molecule has 3 aromatic rings. The van der Waals surface area contributed by atoms with Crippen LogP contribution in [-0.2, 0) is 0 Å². The van der Waals surface area contributed by atoms with E-state index in [1.54, 1.807) is 6.92 Å². The van der Waals surface area contributed by atoms with Gasteiger partial charge < -0.3 is 16.0 Å². The van der Waals surface area contributed by atoms with Gasteiger partial charge in [-0.15, -0.1) is 0 Å². The van der Waals surface area contributed by atoms with Gasteiger partial charge in [-0.05, 0) is 30.6 Å². The number of hydrogen-bond donors (Lipinski definition) is 3. The maximum absolute atomic E-state index is 13.4. The molecule has 4 rings (SSSR count). The fourth-order valence-corrected chi connectivity index (χ4v) is 4.18. The number of anilines is 3. The zero-order valence-electron chi connectivity index (χ0n) is 18.2. The quantitative estimate of drug-likeness (QED) is 0.400. The number of carbonyl (C=O) groups excluding carboxylic acids is 2. The minimum Gasteiger partial charge on any atom is -0.345 e. The summed E-state index contributed by atoms with van der Waals surface area (Å²) in [4.78, 5) is 34.7. The molecule has 1 aromatic carbocycles. The summed E-state index contributed by atoms with van der Waals surface area (Å²) in [5.74, 6) is -2.96. The van der Waals surface area contributed by atoms with E-state index in [4.69, 9.17) is 0 Å². The third-order valence-electron chi connectivity index (χ3n) is 5.08. The number of aromatic nitrogens is 3. The first-order valence-electron chi connectivity index (χ1n) is 10.3. The van der Waals surface area contributed by atoms with Crippen molar-refractivity contribution in [2.45, 2.75) is 19.4 Å². The smallest absolute Gasteiger partial charge is 0.271 e. The number of likely N-dealkylation sites (tertiary alicyclic amines) is 1. The Morgan fingerprint density at radius 3 is 2.57 bits per heavy atom. The van der Waals surface area contributed by atoms with Gasteiger partial charge in [0.05, 0.1) is 36.2 Å². The highest BCUT2D eigenvalue weighted by atomic mass is 32.1. The van der Waals surface area contributed by atoms with E-state index in [9.17, 15) is 27.2 Å². The molecule has 35 heavy (non-hydrogen) atoms. The number of halogens is 4. The van der Waals surface area contributed by atoms with Crippen molar-refractivity contribution in [2.24, 2.45) is 0 Å². The van der Waals surface area contributed by atoms with Gasteiger partial charge in [0.2, 0.25) is 0 Å². The number of rotatable bonds is 8. The third kappa shape index (κ3) is 5.89. The Bertz CT molecular complexity index is 1230. The van der Waals surface area contributed by atoms with Gasteiger partial charge in [-0.2, -0.15) is 4.37 Å². The molecule has 9 nitrogen and oxygen atoms in total. The van der Waals surface area contributed by atoms with Crippen LogP contribution in [-0.4, -0.2) is 63.2 Å². The first kappa shape index (κ1) is 24.5. The van der Waals surface area contributed by atoms with Gasteiger partial charge in [0.1, 0.15) is 16.5 Å². The highest BCUT2D eigenvalue weighted by Gasteiger charge is 2.30. The summed E-state index contributed by atoms with van der Waals surface area (Å²) in [6.45, 7) is 1.96. The molecule has 0 atom stereocenters. The van der Waals surface area contributed by atoms with Crippen LogP contribution in [0.4, 0.5) is 34.1 Å². The Labute approximate surface area is 200 Å². The van der Waals surface area contributed by atoms with Crippen LogP contribution in [0, 0.1) is 18.6 Å². The molecule has 2 aromatic heterocycles. The van der Waals surface area contributed by atoms with Crippen molar-refractivity contribution in [3.8, 4) is 0 Å². The number of carbonyl (C=O) groups is 2. The molecule has 1 fully saturated rings. The molecule has 0 bridgehead atoms. The largest absolute Gasteiger partial charge is 0.345 e. The summed E-state index contributed by atoms with van der Waals surface area (Å²) >= 11 is 0.988. The lowest BCUT2D eigenvalue weighted by molar-refractivity contribution is 0.0378. The Hall–Kier alpha value is -3.65. The standard InChI is InChI=1S/C21H19F4N7O2S/c1-10-18(20(34)28-11-2-3-13(22)14(23)4-11)21(35-31-10)30-17-6-26-15(5-27-17)19(33)29-12-7-32(8-12)9-16(24)25/h2-6,12,16H,7-9H2,1H3,(H,27,30)(H,28,34)(H,29,33). The fourth-order valence-electron chi connectivity index (χ4n) is 3.38. The van der Waals surface area contributed by atoms with Gasteiger partial charge in [0.15, 0.2) is 11.6 Å². The Balaban J connectivity index is 1.37. The van der Waals surface area contributed by atoms with Crippen LogP contribution in [0.25, 0.3) is 0 Å². The van der Waals surface area contributed by atoms with E-state index in [2.05, 4.69) is 30.3 Å². The molecule has 1 aliphatic rings. The summed E-state index contributed by atoms with van der Waals surface area (Å²) in [6.07, 6.45) is 0.116. The summed E-state index contributed by atoms with van der Waals surface area (Å²) in [5.41, 5.74) is 0.702. The van der Waals surface area contributed by atoms with Crippen molar-refractivity contribution in [1.29, 1.82) is 0 Å². The fraction of sp³-hybridized carbons (Fsp3) is 0.286. The predicted octanol–water partition coefficient (Wildman–Crippen LogP) is 3.19. The summed E-state index contributed by atoms with van der Waals surface area (Å²) in [6, 6.07) is 2.76. The second-order valence-electron chi connectivity index (χ2n) is 7.75. The number of hydrogen-bond acceptors (Lipinski definition) is 8. The molecule has 3 N–H and O–H groups in total. The zero-order valence-corrected chi connectivity index (χ0v) is 19.0. The van der Waals surface area contributed by atoms with Crippen molar-refractivity contribution in [3.63, 3.8) is 0 Å². The molecule has 0 saturated carbocycles. The van der Waals surface area contributed by atoms with E-state index in [1.165, 1.54) is 23.4 Å². The van der Waals surface area contributed by atoms with Gasteiger partial charge in [-0.3, -0.25) is 14.5 Å². The molecule has 0 spiro atoms. The molecule has 0 unspecified atom stereocenters. The van der Waals surface area contributed by atoms with Crippen molar-refractivity contribution in [1.82, 2.24) is 24.6 Å². The number of aryl methyl sites for hydroxylation is 1. The maximum Gasteiger partial charge on any atom is 0.271 e. The van der Waals surface area contributed by atoms with E-state index >= 15 is 0 Å². The SMILES string of the molecule is Cc1nsc(Nc2cnc(C(=O)NC3CN(CC(F)F)C3)cn2)c1C(=O)Nc1ccc(F)c(F)c1. The lowest BCUT2D eigenvalue weighted by Gasteiger charge is -2.39. The average molecular weight is 509 g/mol. The summed E-state index contributed by atoms with van der Waals surface area (Å²) in [5, 5.41) is 8.44. The number of alkyl halides is 2. The van der Waals surface area contributed by atoms with Gasteiger partial charge in [-0.1, -0.05) is 0 Å². The van der Waals surface area contributed by atoms with E-state index < -0.39 is 29.9 Å². The number of nitrogens with zero attached hydrogens (tertiary/aromatic N) is 4. The van der Waals surface area contributed by atoms with E-state index in [1.807, 2.05) is 0 Å². The van der Waals surface area contributed by atoms with Crippen molar-refractivity contribution in [3.05, 3.63) is 59.2 Å². The minimum atomic E-state index is -2.42. The predicted molar refractivity (Wildman–Crippen MR) is 120 cm³/mol. The number of amides is 2. The molecular weight excluding hydrogens is 490 g/mol. The Morgan fingerprint density at radius 2 is 1.91 bits per heavy atom. The summed E-state index contributed by atoms with van der Waals surface area (Å²) in [7, 11) is 0. The van der Waals surface area contributed by atoms with Crippen molar-refractivity contribution < 1.29 is 27.2 Å². The minimum absolute atomic E-state index is 0.0413. The molecule has 1 saturated heterocycles. The first-order valence-corrected chi connectivity index (χ1v) is 11.1. The molecule has 3 heterocycles. The molecule has 14 heteroatoms. The Morgan fingerprint density at radius 1 is 1.14 bits per heavy atom. The number of nitrogens with one attached hydrogen (secondary N) is 3. The van der Waals surface area contributed by atoms with E-state index in [0.717, 1.165) is 23.7 Å². The van der Waals surface area contributed by atoms with Crippen LogP contribution in [0.1, 0.15) is 26.5 Å². The van der Waals surface area contributed by atoms with Crippen molar-refractivity contribution in [2.75, 3.05) is 30.3 Å². The van der Waals surface area contributed by atoms with Gasteiger partial charge in [0.25, 0.3) is 18.2 Å². The third-order valence-corrected chi connectivity index (χ3v) is 5.94. The topological polar surface area (TPSA) is 112 Å². The van der Waals surface area contributed by atoms with Crippen LogP contribution < -0.4 is 16.0 Å². The monoisotopic (exact) mass is 509 g/mol. The second-order valence-corrected chi connectivity index (χ2v) is 8.52. The van der Waals surface area contributed by atoms with Crippen LogP contribution in [0.2, 0.25) is 0 Å². The average Bonchev–Trinajstić information content (AvgIpc) is 3.15. The zero-order chi connectivity index (χ0) is 25.1. The maximum atomic E-state index is 13.4. The van der Waals surface area contributed by atoms with Crippen LogP contribution in [0.3, 0.4) is 0 Å². The molecule has 2 amide bonds. The molecule has 184 valence electrons. The number of benzene rings is 1. The lowest BCUT2D eigenvalue weighted by atomic mass is 10.1. The molecule has 1 aliphatic heterocycles. The van der Waals surface area contributed by atoms with Crippen LogP contribution >= 0.6 is 11.5 Å². The normalized spacial score (nSPS) is 14.0. The van der Waals surface area contributed by atoms with Crippen molar-refractivity contribution >= 4 is 39.9 Å². The Kier molecular flexibility index (Phi) is 7.21. The van der Waals surface area contributed by atoms with Crippen LogP contribution in [0.15, 0.2) is 30.6 Å². The van der Waals surface area contributed by atoms with Gasteiger partial charge in [-0.25, -0.2) is 27.5 Å². The molecule has 0 aliphatic carbocycles. The van der Waals surface area contributed by atoms with Crippen LogP contribution in [0.5, 0.6) is 0 Å². The second kappa shape index (κ2) is 10.3. The molecular formula is C21H19F4N7O2S. The molecule has 0 radical (unpaired) electrons. The van der Waals surface area contributed by atoms with Gasteiger partial charge in [0, 0.05) is 24.8 Å². The van der Waals surface area contributed by atoms with Gasteiger partial charge >= 0.3 is 0 Å². The van der Waals surface area contributed by atoms with E-state index in [0.29, 0.717) is 23.8 Å². The highest BCUT2D eigenvalue weighted by Crippen LogP contribution is 2.28.